The molecule has 0 N–H and O–H groups in total. The molecule has 1 amide bonds. The molecule has 0 bridgehead atoms. The second-order valence-corrected chi connectivity index (χ2v) is 11.1. The zero-order valence-corrected chi connectivity index (χ0v) is 20.1. The van der Waals surface area contributed by atoms with Crippen LogP contribution < -0.4 is 4.80 Å². The summed E-state index contributed by atoms with van der Waals surface area (Å²) >= 11 is 1.03. The molecule has 1 atom stereocenters. The number of carbonyl (C=O) groups excluding carboxylic acids is 1. The molecule has 6 nitrogen and oxygen atoms in total. The highest BCUT2D eigenvalue weighted by Crippen LogP contribution is 2.26. The number of thiazole rings is 1. The molecule has 1 aliphatic heterocycles. The maximum atomic E-state index is 14.4. The summed E-state index contributed by atoms with van der Waals surface area (Å²) < 4.78 is 57.5. The van der Waals surface area contributed by atoms with Gasteiger partial charge in [-0.2, -0.15) is 9.30 Å². The lowest BCUT2D eigenvalue weighted by molar-refractivity contribution is 0.0997. The van der Waals surface area contributed by atoms with Crippen molar-refractivity contribution in [3.63, 3.8) is 0 Å². The zero-order valence-electron chi connectivity index (χ0n) is 18.4. The molecular formula is C23H25F2N3O3S2. The van der Waals surface area contributed by atoms with Crippen LogP contribution in [0.4, 0.5) is 8.78 Å². The van der Waals surface area contributed by atoms with Crippen molar-refractivity contribution in [3.8, 4) is 0 Å². The van der Waals surface area contributed by atoms with Gasteiger partial charge in [-0.15, -0.1) is 0 Å². The molecule has 2 heterocycles. The first-order chi connectivity index (χ1) is 15.7. The Hall–Kier alpha value is -2.43. The summed E-state index contributed by atoms with van der Waals surface area (Å²) in [6, 6.07) is 7.68. The van der Waals surface area contributed by atoms with Crippen LogP contribution in [-0.4, -0.2) is 35.8 Å². The second kappa shape index (κ2) is 9.44. The molecule has 1 saturated heterocycles. The SMILES string of the molecule is CCCn1c(=NC(=O)c2ccc(S(=O)(=O)N3CCCCC3C)cc2)sc2cc(F)cc(F)c21. The molecule has 1 aliphatic rings. The Morgan fingerprint density at radius 1 is 1.18 bits per heavy atom. The Labute approximate surface area is 195 Å². The van der Waals surface area contributed by atoms with Crippen LogP contribution >= 0.6 is 11.3 Å². The number of piperidine rings is 1. The molecule has 0 aliphatic carbocycles. The quantitative estimate of drug-likeness (QED) is 0.518. The largest absolute Gasteiger partial charge is 0.314 e. The Morgan fingerprint density at radius 2 is 1.91 bits per heavy atom. The van der Waals surface area contributed by atoms with E-state index in [0.717, 1.165) is 36.7 Å². The molecule has 1 aromatic heterocycles. The maximum absolute atomic E-state index is 14.4. The summed E-state index contributed by atoms with van der Waals surface area (Å²) in [5.41, 5.74) is 0.430. The van der Waals surface area contributed by atoms with E-state index in [2.05, 4.69) is 4.99 Å². The molecule has 1 unspecified atom stereocenters. The summed E-state index contributed by atoms with van der Waals surface area (Å²) in [6.07, 6.45) is 3.34. The summed E-state index contributed by atoms with van der Waals surface area (Å²) in [5, 5.41) is 0. The first-order valence-corrected chi connectivity index (χ1v) is 13.2. The zero-order chi connectivity index (χ0) is 23.8. The van der Waals surface area contributed by atoms with Crippen molar-refractivity contribution in [2.24, 2.45) is 4.99 Å². The van der Waals surface area contributed by atoms with Crippen LogP contribution in [0.3, 0.4) is 0 Å². The predicted molar refractivity (Wildman–Crippen MR) is 124 cm³/mol. The lowest BCUT2D eigenvalue weighted by Gasteiger charge is -2.32. The van der Waals surface area contributed by atoms with Gasteiger partial charge >= 0.3 is 0 Å². The van der Waals surface area contributed by atoms with Gasteiger partial charge in [-0.3, -0.25) is 4.79 Å². The van der Waals surface area contributed by atoms with Crippen LogP contribution in [0, 0.1) is 11.6 Å². The summed E-state index contributed by atoms with van der Waals surface area (Å²) in [7, 11) is -3.64. The van der Waals surface area contributed by atoms with Gasteiger partial charge < -0.3 is 4.57 Å². The van der Waals surface area contributed by atoms with Crippen molar-refractivity contribution in [1.29, 1.82) is 0 Å². The molecule has 3 aromatic rings. The van der Waals surface area contributed by atoms with Crippen LogP contribution in [0.15, 0.2) is 46.3 Å². The van der Waals surface area contributed by atoms with Gasteiger partial charge in [0.05, 0.1) is 15.1 Å². The van der Waals surface area contributed by atoms with Gasteiger partial charge in [0.15, 0.2) is 10.6 Å². The fraction of sp³-hybridized carbons (Fsp3) is 0.391. The molecule has 4 rings (SSSR count). The van der Waals surface area contributed by atoms with E-state index >= 15 is 0 Å². The minimum atomic E-state index is -3.64. The van der Waals surface area contributed by atoms with Gasteiger partial charge in [-0.25, -0.2) is 17.2 Å². The van der Waals surface area contributed by atoms with Gasteiger partial charge in [-0.05, 0) is 56.5 Å². The third-order valence-electron chi connectivity index (χ3n) is 5.79. The Balaban J connectivity index is 1.67. The highest BCUT2D eigenvalue weighted by molar-refractivity contribution is 7.89. The number of fused-ring (bicyclic) bond motifs is 1. The average Bonchev–Trinajstić information content (AvgIpc) is 3.11. The Bertz CT molecular complexity index is 1360. The molecule has 1 fully saturated rings. The number of hydrogen-bond acceptors (Lipinski definition) is 4. The van der Waals surface area contributed by atoms with Gasteiger partial charge in [-0.1, -0.05) is 24.7 Å². The molecule has 0 radical (unpaired) electrons. The summed E-state index contributed by atoms with van der Waals surface area (Å²) in [4.78, 5) is 17.4. The van der Waals surface area contributed by atoms with E-state index in [1.807, 2.05) is 13.8 Å². The molecule has 2 aromatic carbocycles. The van der Waals surface area contributed by atoms with Crippen LogP contribution in [-0.2, 0) is 16.6 Å². The van der Waals surface area contributed by atoms with Gasteiger partial charge in [0.2, 0.25) is 10.0 Å². The van der Waals surface area contributed by atoms with Crippen molar-refractivity contribution in [1.82, 2.24) is 8.87 Å². The van der Waals surface area contributed by atoms with E-state index in [9.17, 15) is 22.0 Å². The topological polar surface area (TPSA) is 71.7 Å². The Kier molecular flexibility index (Phi) is 6.78. The first-order valence-electron chi connectivity index (χ1n) is 10.9. The van der Waals surface area contributed by atoms with Crippen LogP contribution in [0.1, 0.15) is 49.9 Å². The van der Waals surface area contributed by atoms with Gasteiger partial charge in [0.25, 0.3) is 5.91 Å². The van der Waals surface area contributed by atoms with Crippen molar-refractivity contribution in [2.75, 3.05) is 6.54 Å². The number of sulfonamides is 1. The number of amides is 1. The lowest BCUT2D eigenvalue weighted by Crippen LogP contribution is -2.41. The van der Waals surface area contributed by atoms with Crippen LogP contribution in [0.2, 0.25) is 0 Å². The number of nitrogens with zero attached hydrogens (tertiary/aromatic N) is 3. The number of aryl methyl sites for hydroxylation is 1. The molecule has 33 heavy (non-hydrogen) atoms. The van der Waals surface area contributed by atoms with Crippen LogP contribution in [0.5, 0.6) is 0 Å². The molecule has 0 saturated carbocycles. The van der Waals surface area contributed by atoms with Gasteiger partial charge in [0.1, 0.15) is 5.82 Å². The van der Waals surface area contributed by atoms with Crippen molar-refractivity contribution in [2.45, 2.75) is 57.0 Å². The van der Waals surface area contributed by atoms with E-state index in [-0.39, 0.29) is 26.8 Å². The monoisotopic (exact) mass is 493 g/mol. The van der Waals surface area contributed by atoms with E-state index in [4.69, 9.17) is 0 Å². The van der Waals surface area contributed by atoms with Crippen LogP contribution in [0.25, 0.3) is 10.2 Å². The number of hydrogen-bond donors (Lipinski definition) is 0. The number of rotatable bonds is 5. The number of halogens is 2. The van der Waals surface area contributed by atoms with Crippen molar-refractivity contribution < 1.29 is 22.0 Å². The normalized spacial score (nSPS) is 18.2. The summed E-state index contributed by atoms with van der Waals surface area (Å²) in [6.45, 7) is 4.71. The Morgan fingerprint density at radius 3 is 2.58 bits per heavy atom. The number of benzene rings is 2. The van der Waals surface area contributed by atoms with Crippen molar-refractivity contribution in [3.05, 3.63) is 58.4 Å². The van der Waals surface area contributed by atoms with Gasteiger partial charge in [0, 0.05) is 30.8 Å². The van der Waals surface area contributed by atoms with Crippen molar-refractivity contribution >= 4 is 37.5 Å². The third kappa shape index (κ3) is 4.64. The first kappa shape index (κ1) is 23.7. The van der Waals surface area contributed by atoms with E-state index in [0.29, 0.717) is 24.2 Å². The third-order valence-corrected chi connectivity index (χ3v) is 8.84. The number of aromatic nitrogens is 1. The molecular weight excluding hydrogens is 468 g/mol. The predicted octanol–water partition coefficient (Wildman–Crippen LogP) is 4.70. The van der Waals surface area contributed by atoms with E-state index in [1.54, 1.807) is 4.57 Å². The average molecular weight is 494 g/mol. The smallest absolute Gasteiger partial charge is 0.279 e. The highest BCUT2D eigenvalue weighted by atomic mass is 32.2. The second-order valence-electron chi connectivity index (χ2n) is 8.17. The highest BCUT2D eigenvalue weighted by Gasteiger charge is 2.30. The standard InChI is InChI=1S/C23H25F2N3O3S2/c1-3-11-27-21-19(25)13-17(24)14-20(21)32-23(27)26-22(29)16-7-9-18(10-8-16)33(30,31)28-12-5-4-6-15(28)2/h7-10,13-15H,3-6,11-12H2,1-2H3. The van der Waals surface area contributed by atoms with E-state index < -0.39 is 27.6 Å². The molecule has 10 heteroatoms. The molecule has 0 spiro atoms. The minimum Gasteiger partial charge on any atom is -0.314 e. The summed E-state index contributed by atoms with van der Waals surface area (Å²) in [5.74, 6) is -1.98. The minimum absolute atomic E-state index is 0.0627. The fourth-order valence-electron chi connectivity index (χ4n) is 4.13. The molecule has 176 valence electrons. The number of carbonyl (C=O) groups is 1. The fourth-order valence-corrected chi connectivity index (χ4v) is 6.92. The van der Waals surface area contributed by atoms with E-state index in [1.165, 1.54) is 34.6 Å². The maximum Gasteiger partial charge on any atom is 0.279 e. The lowest BCUT2D eigenvalue weighted by atomic mass is 10.1.